The zero-order valence-electron chi connectivity index (χ0n) is 11.9. The Bertz CT molecular complexity index is 575. The molecular weight excluding hydrogens is 288 g/mol. The zero-order valence-corrected chi connectivity index (χ0v) is 11.9. The first-order valence-electron chi connectivity index (χ1n) is 7.52. The third-order valence-electron chi connectivity index (χ3n) is 5.06. The highest BCUT2D eigenvalue weighted by atomic mass is 16.7. The van der Waals surface area contributed by atoms with Gasteiger partial charge in [-0.25, -0.2) is 4.79 Å². The van der Waals surface area contributed by atoms with Crippen LogP contribution in [0.1, 0.15) is 16.8 Å². The predicted octanol–water partition coefficient (Wildman–Crippen LogP) is 0.327. The van der Waals surface area contributed by atoms with Crippen molar-refractivity contribution in [2.24, 2.45) is 11.8 Å². The molecule has 3 fully saturated rings. The normalized spacial score (nSPS) is 42.4. The summed E-state index contributed by atoms with van der Waals surface area (Å²) < 4.78 is 16.5. The van der Waals surface area contributed by atoms with Gasteiger partial charge in [0, 0.05) is 5.92 Å². The van der Waals surface area contributed by atoms with E-state index in [4.69, 9.17) is 14.2 Å². The molecule has 4 rings (SSSR count). The molecule has 0 radical (unpaired) electrons. The molecule has 118 valence electrons. The molecule has 1 aromatic carbocycles. The van der Waals surface area contributed by atoms with Crippen LogP contribution in [0.3, 0.4) is 0 Å². The fourth-order valence-electron chi connectivity index (χ4n) is 3.98. The van der Waals surface area contributed by atoms with Gasteiger partial charge >= 0.3 is 5.97 Å². The summed E-state index contributed by atoms with van der Waals surface area (Å²) in [6.45, 7) is 0.203. The second kappa shape index (κ2) is 5.03. The lowest BCUT2D eigenvalue weighted by atomic mass is 9.83. The van der Waals surface area contributed by atoms with Crippen molar-refractivity contribution in [3.05, 3.63) is 35.9 Å². The van der Waals surface area contributed by atoms with Gasteiger partial charge in [-0.05, 0) is 18.6 Å². The summed E-state index contributed by atoms with van der Waals surface area (Å²) in [5.74, 6) is -0.818. The highest BCUT2D eigenvalue weighted by molar-refractivity contribution is 5.89. The van der Waals surface area contributed by atoms with Crippen molar-refractivity contribution < 1.29 is 29.2 Å². The van der Waals surface area contributed by atoms with E-state index in [1.165, 1.54) is 0 Å². The maximum Gasteiger partial charge on any atom is 0.338 e. The third-order valence-corrected chi connectivity index (χ3v) is 5.06. The molecule has 22 heavy (non-hydrogen) atoms. The minimum atomic E-state index is -0.990. The Kier molecular flexibility index (Phi) is 3.23. The molecule has 3 aliphatic rings. The van der Waals surface area contributed by atoms with E-state index in [-0.39, 0.29) is 24.5 Å². The monoisotopic (exact) mass is 306 g/mol. The maximum absolute atomic E-state index is 12.3. The van der Waals surface area contributed by atoms with Crippen LogP contribution in [0, 0.1) is 11.8 Å². The predicted molar refractivity (Wildman–Crippen MR) is 73.9 cm³/mol. The second-order valence-electron chi connectivity index (χ2n) is 6.13. The maximum atomic E-state index is 12.3. The lowest BCUT2D eigenvalue weighted by Gasteiger charge is -2.36. The molecule has 1 aromatic rings. The van der Waals surface area contributed by atoms with Crippen molar-refractivity contribution in [3.63, 3.8) is 0 Å². The average molecular weight is 306 g/mol. The van der Waals surface area contributed by atoms with E-state index in [0.717, 1.165) is 0 Å². The van der Waals surface area contributed by atoms with Gasteiger partial charge in [-0.15, -0.1) is 0 Å². The highest BCUT2D eigenvalue weighted by Gasteiger charge is 2.76. The summed E-state index contributed by atoms with van der Waals surface area (Å²) in [5.41, 5.74) is -0.347. The number of carbonyl (C=O) groups excluding carboxylic acids is 1. The zero-order chi connectivity index (χ0) is 15.3. The molecule has 2 heterocycles. The van der Waals surface area contributed by atoms with Crippen LogP contribution in [0.5, 0.6) is 0 Å². The van der Waals surface area contributed by atoms with Crippen LogP contribution in [0.4, 0.5) is 0 Å². The van der Waals surface area contributed by atoms with Crippen LogP contribution in [-0.4, -0.2) is 53.5 Å². The van der Waals surface area contributed by atoms with Gasteiger partial charge in [0.2, 0.25) is 0 Å². The Hall–Kier alpha value is -1.47. The Morgan fingerprint density at radius 2 is 2.14 bits per heavy atom. The molecule has 6 atom stereocenters. The first-order valence-corrected chi connectivity index (χ1v) is 7.52. The SMILES string of the molecule is O=C(OC1C2CCOC(O)C2C2(CO)OC12)c1ccccc1. The number of fused-ring (bicyclic) bond motifs is 3. The molecule has 0 spiro atoms. The number of epoxide rings is 1. The van der Waals surface area contributed by atoms with Gasteiger partial charge in [0.25, 0.3) is 0 Å². The first-order chi connectivity index (χ1) is 10.7. The molecule has 1 saturated carbocycles. The Morgan fingerprint density at radius 3 is 2.86 bits per heavy atom. The van der Waals surface area contributed by atoms with Gasteiger partial charge in [-0.1, -0.05) is 18.2 Å². The fourth-order valence-corrected chi connectivity index (χ4v) is 3.98. The number of hydrogen-bond acceptors (Lipinski definition) is 6. The Labute approximate surface area is 127 Å². The van der Waals surface area contributed by atoms with E-state index in [1.54, 1.807) is 24.3 Å². The van der Waals surface area contributed by atoms with Gasteiger partial charge < -0.3 is 24.4 Å². The molecule has 6 unspecified atom stereocenters. The van der Waals surface area contributed by atoms with Crippen molar-refractivity contribution in [1.29, 1.82) is 0 Å². The second-order valence-corrected chi connectivity index (χ2v) is 6.13. The number of ether oxygens (including phenoxy) is 3. The topological polar surface area (TPSA) is 88.5 Å². The summed E-state index contributed by atoms with van der Waals surface area (Å²) in [6.07, 6.45) is -1.13. The van der Waals surface area contributed by atoms with E-state index < -0.39 is 24.0 Å². The lowest BCUT2D eigenvalue weighted by Crippen LogP contribution is -2.46. The van der Waals surface area contributed by atoms with Crippen molar-refractivity contribution in [2.45, 2.75) is 30.5 Å². The van der Waals surface area contributed by atoms with Crippen molar-refractivity contribution in [2.75, 3.05) is 13.2 Å². The van der Waals surface area contributed by atoms with Crippen LogP contribution in [0.2, 0.25) is 0 Å². The molecule has 2 aliphatic heterocycles. The average Bonchev–Trinajstić information content (AvgIpc) is 3.22. The Morgan fingerprint density at radius 1 is 1.36 bits per heavy atom. The van der Waals surface area contributed by atoms with Crippen LogP contribution in [-0.2, 0) is 14.2 Å². The number of carbonyl (C=O) groups is 1. The third kappa shape index (κ3) is 1.91. The number of aliphatic hydroxyl groups is 2. The van der Waals surface area contributed by atoms with Crippen molar-refractivity contribution in [3.8, 4) is 0 Å². The molecule has 6 nitrogen and oxygen atoms in total. The smallest absolute Gasteiger partial charge is 0.338 e. The molecule has 0 amide bonds. The standard InChI is InChI=1S/C16H18O6/c17-8-16-11-10(6-7-20-15(11)19)12(13(16)22-16)21-14(18)9-4-2-1-3-5-9/h1-5,10-13,15,17,19H,6-8H2. The van der Waals surface area contributed by atoms with E-state index in [9.17, 15) is 15.0 Å². The van der Waals surface area contributed by atoms with Gasteiger partial charge in [0.15, 0.2) is 6.29 Å². The molecule has 0 bridgehead atoms. The summed E-state index contributed by atoms with van der Waals surface area (Å²) in [5, 5.41) is 19.7. The number of esters is 1. The molecule has 2 N–H and O–H groups in total. The van der Waals surface area contributed by atoms with E-state index in [2.05, 4.69) is 0 Å². The summed E-state index contributed by atoms with van der Waals surface area (Å²) in [6, 6.07) is 8.77. The van der Waals surface area contributed by atoms with Gasteiger partial charge in [0.05, 0.1) is 24.7 Å². The van der Waals surface area contributed by atoms with E-state index in [1.807, 2.05) is 6.07 Å². The lowest BCUT2D eigenvalue weighted by molar-refractivity contribution is -0.205. The summed E-state index contributed by atoms with van der Waals surface area (Å²) in [4.78, 5) is 12.3. The summed E-state index contributed by atoms with van der Waals surface area (Å²) in [7, 11) is 0. The number of benzene rings is 1. The Balaban J connectivity index is 1.56. The molecule has 1 aliphatic carbocycles. The number of rotatable bonds is 3. The molecule has 2 saturated heterocycles. The molecule has 0 aromatic heterocycles. The van der Waals surface area contributed by atoms with Crippen LogP contribution in [0.15, 0.2) is 30.3 Å². The minimum Gasteiger partial charge on any atom is -0.456 e. The van der Waals surface area contributed by atoms with Crippen molar-refractivity contribution >= 4 is 5.97 Å². The molecule has 6 heteroatoms. The fraction of sp³-hybridized carbons (Fsp3) is 0.562. The number of hydrogen-bond donors (Lipinski definition) is 2. The highest BCUT2D eigenvalue weighted by Crippen LogP contribution is 2.60. The molecular formula is C16H18O6. The van der Waals surface area contributed by atoms with Gasteiger partial charge in [-0.2, -0.15) is 0 Å². The summed E-state index contributed by atoms with van der Waals surface area (Å²) >= 11 is 0. The van der Waals surface area contributed by atoms with E-state index in [0.29, 0.717) is 18.6 Å². The van der Waals surface area contributed by atoms with Gasteiger partial charge in [-0.3, -0.25) is 0 Å². The van der Waals surface area contributed by atoms with Crippen LogP contribution in [0.25, 0.3) is 0 Å². The van der Waals surface area contributed by atoms with Crippen LogP contribution < -0.4 is 0 Å². The van der Waals surface area contributed by atoms with Crippen LogP contribution >= 0.6 is 0 Å². The van der Waals surface area contributed by atoms with E-state index >= 15 is 0 Å². The largest absolute Gasteiger partial charge is 0.456 e. The van der Waals surface area contributed by atoms with Crippen molar-refractivity contribution in [1.82, 2.24) is 0 Å². The van der Waals surface area contributed by atoms with Gasteiger partial charge in [0.1, 0.15) is 17.8 Å². The number of aliphatic hydroxyl groups excluding tert-OH is 2. The quantitative estimate of drug-likeness (QED) is 0.618. The first kappa shape index (κ1) is 14.1. The minimum absolute atomic E-state index is 0.0534.